The van der Waals surface area contributed by atoms with E-state index in [1.54, 1.807) is 92.6 Å². The van der Waals surface area contributed by atoms with E-state index >= 15 is 0 Å². The van der Waals surface area contributed by atoms with Crippen molar-refractivity contribution in [3.05, 3.63) is 221 Å². The Bertz CT molecular complexity index is 5290. The van der Waals surface area contributed by atoms with Gasteiger partial charge in [-0.1, -0.05) is 90.0 Å². The third-order valence-electron chi connectivity index (χ3n) is 15.0. The fraction of sp³-hybridized carbons (Fsp3) is 0.284. The Labute approximate surface area is 611 Å². The number of hydrogen-bond donors (Lipinski definition) is 6. The first-order chi connectivity index (χ1) is 51.1. The first-order valence-corrected chi connectivity index (χ1v) is 37.7. The van der Waals surface area contributed by atoms with Crippen molar-refractivity contribution < 1.29 is 82.9 Å². The Kier molecular flexibility index (Phi) is 28.7. The Morgan fingerprint density at radius 1 is 0.495 bits per heavy atom. The van der Waals surface area contributed by atoms with Crippen LogP contribution in [0.2, 0.25) is 5.02 Å². The number of methoxy groups -OCH3 is 1. The van der Waals surface area contributed by atoms with E-state index in [1.807, 2.05) is 13.8 Å². The summed E-state index contributed by atoms with van der Waals surface area (Å²) < 4.78 is 126. The highest BCUT2D eigenvalue weighted by Crippen LogP contribution is 2.51. The summed E-state index contributed by atoms with van der Waals surface area (Å²) in [5.41, 5.74) is 20.7. The van der Waals surface area contributed by atoms with E-state index < -0.39 is 82.8 Å². The van der Waals surface area contributed by atoms with E-state index in [9.17, 15) is 51.2 Å². The number of carbonyl (C=O) groups is 3. The second-order valence-electron chi connectivity index (χ2n) is 23.3. The van der Waals surface area contributed by atoms with Crippen LogP contribution >= 0.6 is 34.4 Å². The number of aromatic nitrogens is 12. The molecule has 0 fully saturated rings. The molecular formula is C67H73ClF2N15O19P3. The second kappa shape index (κ2) is 37.9. The predicted octanol–water partition coefficient (Wildman–Crippen LogP) is 9.22. The number of aryl methyl sites for hydroxylation is 2. The van der Waals surface area contributed by atoms with Gasteiger partial charge in [0.2, 0.25) is 17.8 Å². The average Bonchev–Trinajstić information content (AvgIpc) is 1.68. The SMILES string of the molecule is CC(=O)COP(=O)(COCCn1cnc2c(=O)[nH]c(N)nc21)OCc1cccc(Cl)c1.COc1cc(C(=O)COP(=O)(COCCn2cnc3c(=O)[nH]c(N)nc32)OCc2cccc(F)c2)ccc1C.Cc1ccc(C(=O)COP(=O)(COCCn2cnc3c(=O)[nH]c(N)nc32)OCc2cccc(F)c2)cc1. The van der Waals surface area contributed by atoms with Crippen LogP contribution in [-0.2, 0) is 99.3 Å². The standard InChI is InChI=1S/C25H27FN5O7P.C24H25FN5O6P.C18H21ClN5O6P/c1-16-6-7-18(11-21(16)35-2)20(32)13-38-39(34,37-12-17-4-3-5-19(26)10-17)15-36-9-8-31-14-28-22-23(31)29-25(27)30-24(22)33;1-16-5-7-18(8-6-16)20(31)13-36-37(33,35-12-17-3-2-4-19(25)11-17)15-34-10-9-30-14-27-21-22(30)28-24(26)29-23(21)32;1-12(25)8-29-31(27,30-9-13-3-2-4-14(19)7-13)11-28-6-5-24-10-21-15-16(24)22-18(20)23-17(15)26/h3-7,10-11,14H,8-9,12-13,15H2,1-2H3,(H3,27,29,30,33);2-8,11,14H,9-10,12-13,15H2,1H3,(H3,26,28,29,32);2-4,7,10H,5-6,8-9,11H2,1H3,(H3,20,22,23,26). The number of nitrogens with zero attached hydrogens (tertiary/aromatic N) is 9. The van der Waals surface area contributed by atoms with Crippen molar-refractivity contribution in [1.82, 2.24) is 58.6 Å². The number of anilines is 3. The molecule has 3 atom stereocenters. The maximum absolute atomic E-state index is 13.6. The quantitative estimate of drug-likeness (QED) is 0.0121. The summed E-state index contributed by atoms with van der Waals surface area (Å²) in [7, 11) is -10.2. The summed E-state index contributed by atoms with van der Waals surface area (Å²) in [6.45, 7) is 3.95. The lowest BCUT2D eigenvalue weighted by Gasteiger charge is -2.19. The van der Waals surface area contributed by atoms with Crippen LogP contribution in [0, 0.1) is 25.5 Å². The number of H-pyrrole nitrogens is 3. The van der Waals surface area contributed by atoms with Gasteiger partial charge < -0.3 is 63.4 Å². The van der Waals surface area contributed by atoms with Crippen molar-refractivity contribution in [1.29, 1.82) is 0 Å². The third-order valence-corrected chi connectivity index (χ3v) is 19.8. The van der Waals surface area contributed by atoms with Crippen LogP contribution in [0.4, 0.5) is 26.6 Å². The molecule has 40 heteroatoms. The fourth-order valence-electron chi connectivity index (χ4n) is 9.56. The van der Waals surface area contributed by atoms with Crippen LogP contribution in [0.5, 0.6) is 5.75 Å². The van der Waals surface area contributed by atoms with Crippen molar-refractivity contribution in [2.24, 2.45) is 0 Å². The summed E-state index contributed by atoms with van der Waals surface area (Å²) in [5.74, 6) is -1.69. The van der Waals surface area contributed by atoms with Gasteiger partial charge in [0.15, 0.2) is 50.8 Å². The number of benzene rings is 5. The molecule has 107 heavy (non-hydrogen) atoms. The number of ether oxygens (including phenoxy) is 4. The normalized spacial score (nSPS) is 13.1. The second-order valence-corrected chi connectivity index (χ2v) is 29.7. The lowest BCUT2D eigenvalue weighted by atomic mass is 10.1. The maximum atomic E-state index is 13.6. The number of hydrogen-bond acceptors (Lipinski definition) is 28. The van der Waals surface area contributed by atoms with Gasteiger partial charge in [0, 0.05) is 35.8 Å². The average molecular weight is 1560 g/mol. The topological polar surface area (TPSA) is 463 Å². The molecule has 0 aliphatic heterocycles. The molecule has 0 amide bonds. The number of aromatic amines is 3. The Balaban J connectivity index is 0.000000187. The minimum absolute atomic E-state index is 0.0135. The van der Waals surface area contributed by atoms with Crippen LogP contribution in [0.15, 0.2) is 149 Å². The number of ketones is 3. The number of imidazole rings is 3. The maximum Gasteiger partial charge on any atom is 0.356 e. The zero-order chi connectivity index (χ0) is 76.8. The van der Waals surface area contributed by atoms with Gasteiger partial charge in [-0.25, -0.2) is 23.7 Å². The highest BCUT2D eigenvalue weighted by molar-refractivity contribution is 7.54. The number of carbonyl (C=O) groups excluding carboxylic acids is 3. The fourth-order valence-corrected chi connectivity index (χ4v) is 13.5. The van der Waals surface area contributed by atoms with Gasteiger partial charge in [0.25, 0.3) is 16.7 Å². The van der Waals surface area contributed by atoms with Crippen molar-refractivity contribution in [2.45, 2.75) is 60.2 Å². The van der Waals surface area contributed by atoms with E-state index in [0.717, 1.165) is 11.1 Å². The number of fused-ring (bicyclic) bond motifs is 3. The lowest BCUT2D eigenvalue weighted by molar-refractivity contribution is -0.119. The molecule has 0 saturated carbocycles. The van der Waals surface area contributed by atoms with Crippen molar-refractivity contribution >= 4 is 103 Å². The van der Waals surface area contributed by atoms with Crippen molar-refractivity contribution in [3.8, 4) is 5.75 Å². The van der Waals surface area contributed by atoms with Crippen LogP contribution in [0.1, 0.15) is 55.5 Å². The lowest BCUT2D eigenvalue weighted by Crippen LogP contribution is -2.14. The predicted molar refractivity (Wildman–Crippen MR) is 388 cm³/mol. The molecule has 5 aromatic carbocycles. The van der Waals surface area contributed by atoms with Gasteiger partial charge in [-0.2, -0.15) is 15.0 Å². The van der Waals surface area contributed by atoms with Gasteiger partial charge >= 0.3 is 22.8 Å². The molecule has 0 spiro atoms. The van der Waals surface area contributed by atoms with Gasteiger partial charge in [0.05, 0.1) is 65.7 Å². The Morgan fingerprint density at radius 2 is 0.869 bits per heavy atom. The molecule has 11 aromatic rings. The van der Waals surface area contributed by atoms with Crippen LogP contribution in [0.25, 0.3) is 33.5 Å². The number of rotatable bonds is 36. The monoisotopic (exact) mass is 1560 g/mol. The minimum Gasteiger partial charge on any atom is -0.496 e. The number of halogens is 3. The molecule has 0 radical (unpaired) electrons. The highest BCUT2D eigenvalue weighted by atomic mass is 35.5. The van der Waals surface area contributed by atoms with Gasteiger partial charge in [-0.3, -0.25) is 71.0 Å². The number of nitrogens with two attached hydrogens (primary N) is 3. The van der Waals surface area contributed by atoms with Crippen LogP contribution < -0.4 is 38.6 Å². The Hall–Kier alpha value is -10.2. The molecule has 0 aliphatic rings. The van der Waals surface area contributed by atoms with E-state index in [2.05, 4.69) is 44.9 Å². The highest BCUT2D eigenvalue weighted by Gasteiger charge is 2.30. The molecule has 34 nitrogen and oxygen atoms in total. The summed E-state index contributed by atoms with van der Waals surface area (Å²) in [5, 5.41) is 0.512. The van der Waals surface area contributed by atoms with Crippen LogP contribution in [0.3, 0.4) is 0 Å². The third kappa shape index (κ3) is 23.9. The number of Topliss-reactive ketones (excluding diaryl/α,β-unsaturated/α-hetero) is 3. The summed E-state index contributed by atoms with van der Waals surface area (Å²) in [6, 6.07) is 29.9. The molecular weight excluding hydrogens is 1490 g/mol. The molecule has 0 bridgehead atoms. The summed E-state index contributed by atoms with van der Waals surface area (Å²) >= 11 is 5.94. The minimum atomic E-state index is -3.99. The summed E-state index contributed by atoms with van der Waals surface area (Å²) in [6.07, 6.45) is 2.91. The summed E-state index contributed by atoms with van der Waals surface area (Å²) in [4.78, 5) is 104. The van der Waals surface area contributed by atoms with Gasteiger partial charge in [-0.15, -0.1) is 0 Å². The molecule has 0 saturated heterocycles. The van der Waals surface area contributed by atoms with Gasteiger partial charge in [0.1, 0.15) is 56.2 Å². The molecule has 6 heterocycles. The van der Waals surface area contributed by atoms with E-state index in [-0.39, 0.29) is 129 Å². The molecule has 9 N–H and O–H groups in total. The van der Waals surface area contributed by atoms with E-state index in [4.69, 9.17) is 74.9 Å². The zero-order valence-corrected chi connectivity index (χ0v) is 61.2. The zero-order valence-electron chi connectivity index (χ0n) is 57.8. The number of nitrogen functional groups attached to an aromatic ring is 3. The molecule has 3 unspecified atom stereocenters. The van der Waals surface area contributed by atoms with Crippen molar-refractivity contribution in [2.75, 3.05) is 83.0 Å². The first-order valence-electron chi connectivity index (χ1n) is 32.2. The largest absolute Gasteiger partial charge is 0.496 e. The Morgan fingerprint density at radius 3 is 1.25 bits per heavy atom. The molecule has 0 aliphatic carbocycles. The van der Waals surface area contributed by atoms with Crippen molar-refractivity contribution in [3.63, 3.8) is 0 Å². The number of nitrogens with one attached hydrogen (secondary N) is 3. The van der Waals surface area contributed by atoms with E-state index in [0.29, 0.717) is 44.2 Å². The van der Waals surface area contributed by atoms with Gasteiger partial charge in [-0.05, 0) is 85.5 Å². The first kappa shape index (κ1) is 80.9. The molecule has 11 rings (SSSR count). The molecule has 6 aromatic heterocycles. The smallest absolute Gasteiger partial charge is 0.356 e. The molecule has 566 valence electrons. The van der Waals surface area contributed by atoms with Crippen LogP contribution in [-0.4, -0.2) is 142 Å². The van der Waals surface area contributed by atoms with E-state index in [1.165, 1.54) is 69.4 Å².